The first kappa shape index (κ1) is 16.4. The third-order valence-electron chi connectivity index (χ3n) is 3.32. The van der Waals surface area contributed by atoms with Crippen molar-refractivity contribution >= 4 is 15.9 Å². The maximum Gasteiger partial charge on any atom is 0.223 e. The van der Waals surface area contributed by atoms with Crippen LogP contribution < -0.4 is 0 Å². The first-order chi connectivity index (χ1) is 8.80. The van der Waals surface area contributed by atoms with Crippen molar-refractivity contribution in [2.24, 2.45) is 5.92 Å². The Morgan fingerprint density at radius 2 is 1.79 bits per heavy atom. The number of hydrogen-bond acceptors (Lipinski definition) is 3. The Morgan fingerprint density at radius 3 is 2.26 bits per heavy atom. The van der Waals surface area contributed by atoms with Crippen LogP contribution in [-0.2, 0) is 14.8 Å². The van der Waals surface area contributed by atoms with Gasteiger partial charge in [0.1, 0.15) is 0 Å². The highest BCUT2D eigenvalue weighted by molar-refractivity contribution is 7.88. The molecule has 0 aliphatic carbocycles. The van der Waals surface area contributed by atoms with Crippen molar-refractivity contribution in [1.82, 2.24) is 9.21 Å². The molecule has 0 N–H and O–H groups in total. The van der Waals surface area contributed by atoms with E-state index in [9.17, 15) is 13.2 Å². The van der Waals surface area contributed by atoms with Crippen LogP contribution in [0.25, 0.3) is 0 Å². The van der Waals surface area contributed by atoms with E-state index in [0.717, 1.165) is 25.9 Å². The van der Waals surface area contributed by atoms with Gasteiger partial charge in [-0.3, -0.25) is 4.79 Å². The highest BCUT2D eigenvalue weighted by atomic mass is 32.2. The average Bonchev–Trinajstić information content (AvgIpc) is 2.33. The van der Waals surface area contributed by atoms with Gasteiger partial charge in [-0.1, -0.05) is 13.8 Å². The van der Waals surface area contributed by atoms with Crippen LogP contribution in [0.1, 0.15) is 39.5 Å². The van der Waals surface area contributed by atoms with Crippen molar-refractivity contribution in [2.75, 3.05) is 32.4 Å². The number of carbonyl (C=O) groups is 1. The monoisotopic (exact) mass is 290 g/mol. The van der Waals surface area contributed by atoms with Gasteiger partial charge in [0.05, 0.1) is 6.26 Å². The average molecular weight is 290 g/mol. The second-order valence-electron chi connectivity index (χ2n) is 5.71. The highest BCUT2D eigenvalue weighted by Crippen LogP contribution is 2.11. The van der Waals surface area contributed by atoms with Crippen molar-refractivity contribution in [2.45, 2.75) is 39.5 Å². The van der Waals surface area contributed by atoms with Crippen LogP contribution in [0.2, 0.25) is 0 Å². The summed E-state index contributed by atoms with van der Waals surface area (Å²) in [4.78, 5) is 13.9. The number of likely N-dealkylation sites (tertiary alicyclic amines) is 1. The standard InChI is InChI=1S/C13H26N2O3S/c1-12(2)11-15(19(3,17)18)10-7-13(16)14-8-5-4-6-9-14/h12H,4-11H2,1-3H3. The van der Waals surface area contributed by atoms with Crippen LogP contribution in [0.3, 0.4) is 0 Å². The first-order valence-electron chi connectivity index (χ1n) is 7.03. The summed E-state index contributed by atoms with van der Waals surface area (Å²) in [6, 6.07) is 0. The van der Waals surface area contributed by atoms with Crippen molar-refractivity contribution in [3.8, 4) is 0 Å². The van der Waals surface area contributed by atoms with Gasteiger partial charge in [-0.2, -0.15) is 0 Å². The van der Waals surface area contributed by atoms with E-state index in [0.29, 0.717) is 19.5 Å². The maximum atomic E-state index is 12.0. The van der Waals surface area contributed by atoms with Crippen LogP contribution >= 0.6 is 0 Å². The summed E-state index contributed by atoms with van der Waals surface area (Å²) in [5, 5.41) is 0. The zero-order valence-electron chi connectivity index (χ0n) is 12.3. The van der Waals surface area contributed by atoms with Gasteiger partial charge in [0.2, 0.25) is 15.9 Å². The third-order valence-corrected chi connectivity index (χ3v) is 4.59. The molecule has 0 unspecified atom stereocenters. The lowest BCUT2D eigenvalue weighted by atomic mass is 10.1. The molecular formula is C13H26N2O3S. The highest BCUT2D eigenvalue weighted by Gasteiger charge is 2.21. The summed E-state index contributed by atoms with van der Waals surface area (Å²) in [6.45, 7) is 6.37. The molecule has 1 aliphatic rings. The van der Waals surface area contributed by atoms with Crippen LogP contribution in [-0.4, -0.2) is 56.0 Å². The Hall–Kier alpha value is -0.620. The summed E-state index contributed by atoms with van der Waals surface area (Å²) >= 11 is 0. The molecule has 19 heavy (non-hydrogen) atoms. The summed E-state index contributed by atoms with van der Waals surface area (Å²) in [7, 11) is -3.22. The molecule has 0 atom stereocenters. The maximum absolute atomic E-state index is 12.0. The second-order valence-corrected chi connectivity index (χ2v) is 7.69. The van der Waals surface area contributed by atoms with Gasteiger partial charge in [-0.25, -0.2) is 12.7 Å². The van der Waals surface area contributed by atoms with Crippen molar-refractivity contribution < 1.29 is 13.2 Å². The lowest BCUT2D eigenvalue weighted by Crippen LogP contribution is -2.40. The summed E-state index contributed by atoms with van der Waals surface area (Å²) in [5.41, 5.74) is 0. The fraction of sp³-hybridized carbons (Fsp3) is 0.923. The fourth-order valence-electron chi connectivity index (χ4n) is 2.32. The number of amides is 1. The van der Waals surface area contributed by atoms with Gasteiger partial charge in [-0.15, -0.1) is 0 Å². The topological polar surface area (TPSA) is 57.7 Å². The lowest BCUT2D eigenvalue weighted by Gasteiger charge is -2.28. The molecule has 5 nitrogen and oxygen atoms in total. The minimum atomic E-state index is -3.22. The fourth-order valence-corrected chi connectivity index (χ4v) is 3.31. The number of piperidine rings is 1. The molecule has 0 aromatic carbocycles. The van der Waals surface area contributed by atoms with E-state index in [2.05, 4.69) is 0 Å². The molecule has 1 saturated heterocycles. The van der Waals surface area contributed by atoms with E-state index in [-0.39, 0.29) is 11.8 Å². The van der Waals surface area contributed by atoms with Gasteiger partial charge in [0.25, 0.3) is 0 Å². The quantitative estimate of drug-likeness (QED) is 0.741. The Balaban J connectivity index is 2.48. The van der Waals surface area contributed by atoms with E-state index in [1.807, 2.05) is 18.7 Å². The summed E-state index contributed by atoms with van der Waals surface area (Å²) in [5.74, 6) is 0.344. The molecule has 0 aromatic heterocycles. The minimum Gasteiger partial charge on any atom is -0.343 e. The molecular weight excluding hydrogens is 264 g/mol. The van der Waals surface area contributed by atoms with E-state index in [1.165, 1.54) is 17.0 Å². The van der Waals surface area contributed by atoms with E-state index in [4.69, 9.17) is 0 Å². The van der Waals surface area contributed by atoms with Gasteiger partial charge < -0.3 is 4.90 Å². The van der Waals surface area contributed by atoms with Crippen LogP contribution in [0.5, 0.6) is 0 Å². The summed E-state index contributed by atoms with van der Waals surface area (Å²) < 4.78 is 24.7. The largest absolute Gasteiger partial charge is 0.343 e. The summed E-state index contributed by atoms with van der Waals surface area (Å²) in [6.07, 6.45) is 4.81. The van der Waals surface area contributed by atoms with E-state index in [1.54, 1.807) is 0 Å². The number of carbonyl (C=O) groups excluding carboxylic acids is 1. The van der Waals surface area contributed by atoms with Gasteiger partial charge >= 0.3 is 0 Å². The van der Waals surface area contributed by atoms with E-state index >= 15 is 0 Å². The first-order valence-corrected chi connectivity index (χ1v) is 8.88. The van der Waals surface area contributed by atoms with Crippen LogP contribution in [0.15, 0.2) is 0 Å². The predicted octanol–water partition coefficient (Wildman–Crippen LogP) is 1.31. The van der Waals surface area contributed by atoms with Crippen molar-refractivity contribution in [1.29, 1.82) is 0 Å². The smallest absolute Gasteiger partial charge is 0.223 e. The molecule has 0 spiro atoms. The number of nitrogens with zero attached hydrogens (tertiary/aromatic N) is 2. The molecule has 0 saturated carbocycles. The van der Waals surface area contributed by atoms with Gasteiger partial charge in [0, 0.05) is 32.6 Å². The molecule has 0 radical (unpaired) electrons. The van der Waals surface area contributed by atoms with Crippen LogP contribution in [0, 0.1) is 5.92 Å². The predicted molar refractivity (Wildman–Crippen MR) is 76.3 cm³/mol. The SMILES string of the molecule is CC(C)CN(CCC(=O)N1CCCCC1)S(C)(=O)=O. The molecule has 0 bridgehead atoms. The molecule has 6 heteroatoms. The number of rotatable bonds is 6. The molecule has 112 valence electrons. The Labute approximate surface area is 117 Å². The Bertz CT molecular complexity index is 387. The molecule has 1 aliphatic heterocycles. The Kier molecular flexibility index (Phi) is 6.26. The molecule has 1 rings (SSSR count). The van der Waals surface area contributed by atoms with E-state index < -0.39 is 10.0 Å². The number of sulfonamides is 1. The zero-order chi connectivity index (χ0) is 14.5. The van der Waals surface area contributed by atoms with Gasteiger partial charge in [0.15, 0.2) is 0 Å². The second kappa shape index (κ2) is 7.24. The zero-order valence-corrected chi connectivity index (χ0v) is 13.1. The molecule has 1 fully saturated rings. The third kappa shape index (κ3) is 5.91. The molecule has 1 heterocycles. The molecule has 1 amide bonds. The van der Waals surface area contributed by atoms with Gasteiger partial charge in [-0.05, 0) is 25.2 Å². The molecule has 0 aromatic rings. The van der Waals surface area contributed by atoms with Crippen molar-refractivity contribution in [3.05, 3.63) is 0 Å². The normalized spacial score (nSPS) is 17.2. The Morgan fingerprint density at radius 1 is 1.21 bits per heavy atom. The number of hydrogen-bond donors (Lipinski definition) is 0. The lowest BCUT2D eigenvalue weighted by molar-refractivity contribution is -0.132. The van der Waals surface area contributed by atoms with Crippen molar-refractivity contribution in [3.63, 3.8) is 0 Å². The van der Waals surface area contributed by atoms with Crippen LogP contribution in [0.4, 0.5) is 0 Å². The minimum absolute atomic E-state index is 0.0807.